The Morgan fingerprint density at radius 1 is 0.812 bits per heavy atom. The maximum Gasteiger partial charge on any atom is 0.326 e. The van der Waals surface area contributed by atoms with Gasteiger partial charge in [0.05, 0.1) is 19.8 Å². The first-order valence-electron chi connectivity index (χ1n) is 10.6. The van der Waals surface area contributed by atoms with Gasteiger partial charge in [-0.15, -0.1) is 0 Å². The highest BCUT2D eigenvalue weighted by molar-refractivity contribution is 6.04. The summed E-state index contributed by atoms with van der Waals surface area (Å²) >= 11 is 0. The van der Waals surface area contributed by atoms with Crippen molar-refractivity contribution >= 4 is 17.6 Å². The van der Waals surface area contributed by atoms with Crippen LogP contribution in [0.15, 0.2) is 84.9 Å². The summed E-state index contributed by atoms with van der Waals surface area (Å²) < 4.78 is 10.6. The topological polar surface area (TPSA) is 55.8 Å². The van der Waals surface area contributed by atoms with Crippen LogP contribution in [0, 0.1) is 5.41 Å². The van der Waals surface area contributed by atoms with Crippen molar-refractivity contribution in [1.82, 2.24) is 0 Å². The number of esters is 2. The average Bonchev–Trinajstić information content (AvgIpc) is 2.85. The number of nitrogens with zero attached hydrogens (tertiary/aromatic N) is 1. The lowest BCUT2D eigenvalue weighted by atomic mass is 9.60. The summed E-state index contributed by atoms with van der Waals surface area (Å²) in [5.41, 5.74) is 1.11. The van der Waals surface area contributed by atoms with Gasteiger partial charge in [0.2, 0.25) is 0 Å². The van der Waals surface area contributed by atoms with E-state index in [1.807, 2.05) is 91.9 Å². The van der Waals surface area contributed by atoms with Gasteiger partial charge in [-0.2, -0.15) is 0 Å². The highest BCUT2D eigenvalue weighted by atomic mass is 16.5. The standard InChI is InChI=1S/C27H27NO4/c1-26(22-15-8-5-9-16-22)27(24(29)31-2,25(30)32-3)18-21-14-10-11-17-23(21)28(26)19-20-12-6-4-7-13-20/h4-17H,18-19H2,1-3H3/t26-/m1/s1. The smallest absolute Gasteiger partial charge is 0.326 e. The van der Waals surface area contributed by atoms with Crippen molar-refractivity contribution in [2.45, 2.75) is 25.4 Å². The van der Waals surface area contributed by atoms with Crippen LogP contribution in [-0.2, 0) is 37.6 Å². The molecule has 0 radical (unpaired) electrons. The molecule has 0 bridgehead atoms. The van der Waals surface area contributed by atoms with E-state index in [2.05, 4.69) is 4.90 Å². The number of carbonyl (C=O) groups is 2. The molecule has 4 rings (SSSR count). The van der Waals surface area contributed by atoms with E-state index in [-0.39, 0.29) is 6.42 Å². The number of para-hydroxylation sites is 1. The van der Waals surface area contributed by atoms with Gasteiger partial charge in [-0.3, -0.25) is 9.59 Å². The van der Waals surface area contributed by atoms with Gasteiger partial charge in [0.1, 0.15) is 0 Å². The molecule has 0 aliphatic carbocycles. The zero-order valence-corrected chi connectivity index (χ0v) is 18.6. The maximum atomic E-state index is 13.5. The number of hydrogen-bond donors (Lipinski definition) is 0. The van der Waals surface area contributed by atoms with Gasteiger partial charge in [-0.1, -0.05) is 78.9 Å². The van der Waals surface area contributed by atoms with Gasteiger partial charge in [0, 0.05) is 18.7 Å². The summed E-state index contributed by atoms with van der Waals surface area (Å²) in [6.45, 7) is 2.44. The second-order valence-corrected chi connectivity index (χ2v) is 8.20. The molecular weight excluding hydrogens is 402 g/mol. The minimum Gasteiger partial charge on any atom is -0.468 e. The summed E-state index contributed by atoms with van der Waals surface area (Å²) in [4.78, 5) is 29.2. The molecule has 32 heavy (non-hydrogen) atoms. The lowest BCUT2D eigenvalue weighted by molar-refractivity contribution is -0.176. The number of benzene rings is 3. The lowest BCUT2D eigenvalue weighted by Crippen LogP contribution is -2.66. The summed E-state index contributed by atoms with van der Waals surface area (Å²) in [6, 6.07) is 27.6. The normalized spacial score (nSPS) is 19.0. The highest BCUT2D eigenvalue weighted by Crippen LogP contribution is 2.55. The fourth-order valence-corrected chi connectivity index (χ4v) is 5.00. The van der Waals surface area contributed by atoms with E-state index < -0.39 is 22.9 Å². The van der Waals surface area contributed by atoms with Crippen molar-refractivity contribution in [1.29, 1.82) is 0 Å². The average molecular weight is 430 g/mol. The number of carbonyl (C=O) groups excluding carboxylic acids is 2. The first-order chi connectivity index (χ1) is 15.5. The Morgan fingerprint density at radius 2 is 1.34 bits per heavy atom. The molecule has 0 unspecified atom stereocenters. The maximum absolute atomic E-state index is 13.5. The first kappa shape index (κ1) is 21.6. The number of rotatable bonds is 5. The molecule has 1 heterocycles. The van der Waals surface area contributed by atoms with E-state index in [1.165, 1.54) is 14.2 Å². The summed E-state index contributed by atoms with van der Waals surface area (Å²) in [5.74, 6) is -1.22. The first-order valence-corrected chi connectivity index (χ1v) is 10.6. The molecule has 3 aromatic rings. The number of ether oxygens (including phenoxy) is 2. The van der Waals surface area contributed by atoms with Crippen molar-refractivity contribution < 1.29 is 19.1 Å². The van der Waals surface area contributed by atoms with Crippen LogP contribution in [0.3, 0.4) is 0 Å². The van der Waals surface area contributed by atoms with Gasteiger partial charge in [0.15, 0.2) is 5.41 Å². The van der Waals surface area contributed by atoms with Crippen LogP contribution in [0.2, 0.25) is 0 Å². The highest BCUT2D eigenvalue weighted by Gasteiger charge is 2.66. The molecule has 1 aliphatic heterocycles. The van der Waals surface area contributed by atoms with Crippen molar-refractivity contribution in [2.24, 2.45) is 5.41 Å². The summed E-state index contributed by atoms with van der Waals surface area (Å²) in [5, 5.41) is 0. The molecule has 3 aromatic carbocycles. The Morgan fingerprint density at radius 3 is 1.94 bits per heavy atom. The van der Waals surface area contributed by atoms with E-state index in [1.54, 1.807) is 0 Å². The van der Waals surface area contributed by atoms with E-state index in [0.29, 0.717) is 6.54 Å². The van der Waals surface area contributed by atoms with E-state index in [9.17, 15) is 9.59 Å². The predicted octanol–water partition coefficient (Wildman–Crippen LogP) is 4.50. The van der Waals surface area contributed by atoms with Gasteiger partial charge in [-0.05, 0) is 29.7 Å². The van der Waals surface area contributed by atoms with Crippen LogP contribution in [0.1, 0.15) is 23.6 Å². The van der Waals surface area contributed by atoms with Gasteiger partial charge in [-0.25, -0.2) is 0 Å². The van der Waals surface area contributed by atoms with Crippen molar-refractivity contribution in [3.8, 4) is 0 Å². The third kappa shape index (κ3) is 3.16. The quantitative estimate of drug-likeness (QED) is 0.442. The monoisotopic (exact) mass is 429 g/mol. The molecule has 0 N–H and O–H groups in total. The van der Waals surface area contributed by atoms with Crippen LogP contribution in [0.4, 0.5) is 5.69 Å². The molecule has 0 fully saturated rings. The Labute approximate surface area is 188 Å². The van der Waals surface area contributed by atoms with Gasteiger partial charge < -0.3 is 14.4 Å². The molecule has 164 valence electrons. The van der Waals surface area contributed by atoms with E-state index >= 15 is 0 Å². The molecule has 0 amide bonds. The number of anilines is 1. The zero-order valence-electron chi connectivity index (χ0n) is 18.6. The SMILES string of the molecule is COC(=O)C1(C(=O)OC)Cc2ccccc2N(Cc2ccccc2)[C@]1(C)c1ccccc1. The molecule has 1 atom stereocenters. The van der Waals surface area contributed by atoms with Crippen LogP contribution in [-0.4, -0.2) is 26.2 Å². The molecule has 0 spiro atoms. The zero-order chi connectivity index (χ0) is 22.8. The second-order valence-electron chi connectivity index (χ2n) is 8.20. The number of fused-ring (bicyclic) bond motifs is 1. The van der Waals surface area contributed by atoms with Crippen LogP contribution in [0.5, 0.6) is 0 Å². The van der Waals surface area contributed by atoms with Crippen LogP contribution < -0.4 is 4.90 Å². The lowest BCUT2D eigenvalue weighted by Gasteiger charge is -2.56. The Kier molecular flexibility index (Phi) is 5.74. The molecule has 0 aromatic heterocycles. The summed E-state index contributed by atoms with van der Waals surface area (Å²) in [7, 11) is 2.64. The molecular formula is C27H27NO4. The Bertz CT molecular complexity index is 1100. The largest absolute Gasteiger partial charge is 0.468 e. The minimum absolute atomic E-state index is 0.180. The molecule has 5 nitrogen and oxygen atoms in total. The van der Waals surface area contributed by atoms with Crippen LogP contribution >= 0.6 is 0 Å². The summed E-state index contributed by atoms with van der Waals surface area (Å²) in [6.07, 6.45) is 0.180. The number of hydrogen-bond acceptors (Lipinski definition) is 5. The predicted molar refractivity (Wildman–Crippen MR) is 123 cm³/mol. The Hall–Kier alpha value is -3.60. The second kappa shape index (κ2) is 8.50. The van der Waals surface area contributed by atoms with Crippen molar-refractivity contribution in [3.05, 3.63) is 102 Å². The molecule has 0 saturated heterocycles. The third-order valence-corrected chi connectivity index (χ3v) is 6.70. The van der Waals surface area contributed by atoms with E-state index in [4.69, 9.17) is 9.47 Å². The van der Waals surface area contributed by atoms with Gasteiger partial charge >= 0.3 is 11.9 Å². The third-order valence-electron chi connectivity index (χ3n) is 6.70. The number of methoxy groups -OCH3 is 2. The van der Waals surface area contributed by atoms with E-state index in [0.717, 1.165) is 22.4 Å². The Balaban J connectivity index is 2.06. The molecule has 1 aliphatic rings. The molecule has 5 heteroatoms. The molecule has 0 saturated carbocycles. The van der Waals surface area contributed by atoms with Crippen molar-refractivity contribution in [2.75, 3.05) is 19.1 Å². The fraction of sp³-hybridized carbons (Fsp3) is 0.259. The van der Waals surface area contributed by atoms with Gasteiger partial charge in [0.25, 0.3) is 0 Å². The fourth-order valence-electron chi connectivity index (χ4n) is 5.00. The van der Waals surface area contributed by atoms with Crippen LogP contribution in [0.25, 0.3) is 0 Å². The minimum atomic E-state index is -1.60. The van der Waals surface area contributed by atoms with Crippen molar-refractivity contribution in [3.63, 3.8) is 0 Å².